The first-order valence-electron chi connectivity index (χ1n) is 7.04. The Hall–Kier alpha value is -1.59. The lowest BCUT2D eigenvalue weighted by atomic mass is 9.95. The molecule has 21 heavy (non-hydrogen) atoms. The second kappa shape index (κ2) is 8.00. The Bertz CT molecular complexity index is 473. The number of hydrogen-bond acceptors (Lipinski definition) is 5. The van der Waals surface area contributed by atoms with Crippen LogP contribution in [0.4, 0.5) is 0 Å². The van der Waals surface area contributed by atoms with Crippen LogP contribution in [0.5, 0.6) is 5.75 Å². The topological polar surface area (TPSA) is 67.8 Å². The summed E-state index contributed by atoms with van der Waals surface area (Å²) in [5.74, 6) is 0.392. The van der Waals surface area contributed by atoms with E-state index < -0.39 is 12.1 Å². The molecule has 5 nitrogen and oxygen atoms in total. The van der Waals surface area contributed by atoms with Crippen molar-refractivity contribution in [1.29, 1.82) is 0 Å². The summed E-state index contributed by atoms with van der Waals surface area (Å²) in [7, 11) is 2.95. The smallest absolute Gasteiger partial charge is 0.307 e. The minimum Gasteiger partial charge on any atom is -0.497 e. The van der Waals surface area contributed by atoms with E-state index >= 15 is 0 Å². The molecular formula is C16H25NO4. The molecule has 0 radical (unpaired) electrons. The van der Waals surface area contributed by atoms with Crippen LogP contribution in [0.3, 0.4) is 0 Å². The summed E-state index contributed by atoms with van der Waals surface area (Å²) in [6, 6.07) is 5.24. The third-order valence-electron chi connectivity index (χ3n) is 3.34. The zero-order valence-electron chi connectivity index (χ0n) is 13.3. The Morgan fingerprint density at radius 1 is 1.33 bits per heavy atom. The van der Waals surface area contributed by atoms with Gasteiger partial charge in [-0.15, -0.1) is 0 Å². The van der Waals surface area contributed by atoms with Gasteiger partial charge in [-0.05, 0) is 30.2 Å². The molecule has 1 aromatic carbocycles. The molecular weight excluding hydrogens is 270 g/mol. The number of ether oxygens (including phenoxy) is 2. The second-order valence-electron chi connectivity index (χ2n) is 5.38. The van der Waals surface area contributed by atoms with Crippen molar-refractivity contribution >= 4 is 5.97 Å². The van der Waals surface area contributed by atoms with Crippen LogP contribution in [0.25, 0.3) is 0 Å². The van der Waals surface area contributed by atoms with E-state index in [9.17, 15) is 9.90 Å². The zero-order chi connectivity index (χ0) is 16.0. The van der Waals surface area contributed by atoms with Crippen LogP contribution in [-0.2, 0) is 9.53 Å². The number of benzene rings is 1. The molecule has 0 heterocycles. The molecule has 0 aliphatic heterocycles. The predicted octanol–water partition coefficient (Wildman–Crippen LogP) is 1.97. The first-order chi connectivity index (χ1) is 9.88. The molecule has 0 aliphatic carbocycles. The monoisotopic (exact) mass is 295 g/mol. The van der Waals surface area contributed by atoms with Gasteiger partial charge in [0.25, 0.3) is 0 Å². The van der Waals surface area contributed by atoms with Gasteiger partial charge in [0.05, 0.1) is 26.7 Å². The number of methoxy groups -OCH3 is 2. The molecule has 0 saturated heterocycles. The van der Waals surface area contributed by atoms with E-state index in [2.05, 4.69) is 5.32 Å². The van der Waals surface area contributed by atoms with E-state index in [0.29, 0.717) is 0 Å². The number of rotatable bonds is 7. The summed E-state index contributed by atoms with van der Waals surface area (Å²) in [6.45, 7) is 5.85. The third-order valence-corrected chi connectivity index (χ3v) is 3.34. The maximum atomic E-state index is 11.5. The summed E-state index contributed by atoms with van der Waals surface area (Å²) in [6.07, 6.45) is -0.682. The van der Waals surface area contributed by atoms with Gasteiger partial charge >= 0.3 is 5.97 Å². The highest BCUT2D eigenvalue weighted by Crippen LogP contribution is 2.26. The van der Waals surface area contributed by atoms with E-state index in [1.165, 1.54) is 7.11 Å². The first kappa shape index (κ1) is 17.5. The van der Waals surface area contributed by atoms with Gasteiger partial charge in [0, 0.05) is 12.1 Å². The summed E-state index contributed by atoms with van der Waals surface area (Å²) in [5, 5.41) is 13.8. The van der Waals surface area contributed by atoms with Crippen molar-refractivity contribution in [2.24, 2.45) is 0 Å². The van der Waals surface area contributed by atoms with E-state index in [-0.39, 0.29) is 18.4 Å². The number of aliphatic hydroxyl groups excluding tert-OH is 1. The first-order valence-corrected chi connectivity index (χ1v) is 7.04. The van der Waals surface area contributed by atoms with E-state index in [1.54, 1.807) is 13.2 Å². The highest BCUT2D eigenvalue weighted by molar-refractivity contribution is 5.70. The van der Waals surface area contributed by atoms with E-state index in [1.807, 2.05) is 32.9 Å². The lowest BCUT2D eigenvalue weighted by molar-refractivity contribution is -0.142. The molecule has 5 heteroatoms. The van der Waals surface area contributed by atoms with Crippen LogP contribution >= 0.6 is 0 Å². The Labute approximate surface area is 126 Å². The summed E-state index contributed by atoms with van der Waals surface area (Å²) in [4.78, 5) is 11.5. The molecule has 1 aromatic rings. The maximum absolute atomic E-state index is 11.5. The summed E-state index contributed by atoms with van der Waals surface area (Å²) < 4.78 is 9.87. The van der Waals surface area contributed by atoms with Gasteiger partial charge in [-0.25, -0.2) is 0 Å². The second-order valence-corrected chi connectivity index (χ2v) is 5.38. The van der Waals surface area contributed by atoms with Crippen molar-refractivity contribution in [3.63, 3.8) is 0 Å². The quantitative estimate of drug-likeness (QED) is 0.753. The molecule has 2 N–H and O–H groups in total. The van der Waals surface area contributed by atoms with Gasteiger partial charge < -0.3 is 19.9 Å². The van der Waals surface area contributed by atoms with Crippen LogP contribution in [0.15, 0.2) is 18.2 Å². The molecule has 0 bridgehead atoms. The van der Waals surface area contributed by atoms with Crippen LogP contribution in [0, 0.1) is 6.92 Å². The van der Waals surface area contributed by atoms with Gasteiger partial charge in [-0.3, -0.25) is 4.79 Å². The van der Waals surface area contributed by atoms with Crippen LogP contribution in [0.1, 0.15) is 37.5 Å². The molecule has 0 aliphatic rings. The Morgan fingerprint density at radius 3 is 2.48 bits per heavy atom. The fourth-order valence-electron chi connectivity index (χ4n) is 2.28. The van der Waals surface area contributed by atoms with Crippen LogP contribution in [0.2, 0.25) is 0 Å². The van der Waals surface area contributed by atoms with E-state index in [4.69, 9.17) is 9.47 Å². The Kier molecular flexibility index (Phi) is 6.65. The predicted molar refractivity (Wildman–Crippen MR) is 81.4 cm³/mol. The summed E-state index contributed by atoms with van der Waals surface area (Å²) >= 11 is 0. The molecule has 118 valence electrons. The van der Waals surface area contributed by atoms with Gasteiger partial charge in [-0.1, -0.05) is 19.9 Å². The minimum absolute atomic E-state index is 0.112. The molecule has 0 amide bonds. The lowest BCUT2D eigenvalue weighted by Gasteiger charge is -2.27. The number of aliphatic hydroxyl groups is 1. The molecule has 1 rings (SSSR count). The number of carbonyl (C=O) groups excluding carboxylic acids is 1. The molecule has 2 unspecified atom stereocenters. The van der Waals surface area contributed by atoms with Gasteiger partial charge in [0.15, 0.2) is 0 Å². The number of hydrogen-bond donors (Lipinski definition) is 2. The average Bonchev–Trinajstić information content (AvgIpc) is 2.45. The molecule has 0 aromatic heterocycles. The standard InChI is InChI=1S/C16H25NO4/c1-10(2)17-14(9-15(18)21-5)16(19)13-7-6-12(20-4)8-11(13)3/h6-8,10,14,16-17,19H,9H2,1-5H3. The molecule has 2 atom stereocenters. The highest BCUT2D eigenvalue weighted by Gasteiger charge is 2.25. The maximum Gasteiger partial charge on any atom is 0.307 e. The van der Waals surface area contributed by atoms with Crippen molar-refractivity contribution in [2.75, 3.05) is 14.2 Å². The molecule has 0 fully saturated rings. The molecule has 0 spiro atoms. The SMILES string of the molecule is COC(=O)CC(NC(C)C)C(O)c1ccc(OC)cc1C. The van der Waals surface area contributed by atoms with Gasteiger partial charge in [0.1, 0.15) is 5.75 Å². The van der Waals surface area contributed by atoms with Crippen molar-refractivity contribution in [3.8, 4) is 5.75 Å². The fraction of sp³-hybridized carbons (Fsp3) is 0.562. The van der Waals surface area contributed by atoms with E-state index in [0.717, 1.165) is 16.9 Å². The van der Waals surface area contributed by atoms with Crippen LogP contribution < -0.4 is 10.1 Å². The number of esters is 1. The average molecular weight is 295 g/mol. The number of aryl methyl sites for hydroxylation is 1. The Balaban J connectivity index is 2.98. The van der Waals surface area contributed by atoms with Crippen molar-refractivity contribution in [1.82, 2.24) is 5.32 Å². The van der Waals surface area contributed by atoms with Gasteiger partial charge in [0.2, 0.25) is 0 Å². The Morgan fingerprint density at radius 2 is 2.00 bits per heavy atom. The minimum atomic E-state index is -0.794. The highest BCUT2D eigenvalue weighted by atomic mass is 16.5. The van der Waals surface area contributed by atoms with Crippen molar-refractivity contribution in [2.45, 2.75) is 45.4 Å². The molecule has 0 saturated carbocycles. The zero-order valence-corrected chi connectivity index (χ0v) is 13.3. The third kappa shape index (κ3) is 5.02. The van der Waals surface area contributed by atoms with Crippen LogP contribution in [-0.4, -0.2) is 37.4 Å². The number of nitrogens with one attached hydrogen (secondary N) is 1. The summed E-state index contributed by atoms with van der Waals surface area (Å²) in [5.41, 5.74) is 1.69. The fourth-order valence-corrected chi connectivity index (χ4v) is 2.28. The van der Waals surface area contributed by atoms with Crippen molar-refractivity contribution in [3.05, 3.63) is 29.3 Å². The number of carbonyl (C=O) groups is 1. The lowest BCUT2D eigenvalue weighted by Crippen LogP contribution is -2.41. The van der Waals surface area contributed by atoms with Crippen molar-refractivity contribution < 1.29 is 19.4 Å². The largest absolute Gasteiger partial charge is 0.497 e. The van der Waals surface area contributed by atoms with Gasteiger partial charge in [-0.2, -0.15) is 0 Å². The normalized spacial score (nSPS) is 13.9.